The SMILES string of the molecule is CCN(CC)CC(C(C)C)N1CCN(C(=O)[C@@H](Cc2ccc(Cl)cc2)NC(=O)CC2NCc3ccccc32)CC1. The molecule has 40 heavy (non-hydrogen) atoms. The van der Waals surface area contributed by atoms with E-state index in [-0.39, 0.29) is 17.9 Å². The third kappa shape index (κ3) is 7.84. The minimum Gasteiger partial charge on any atom is -0.344 e. The molecule has 3 atom stereocenters. The van der Waals surface area contributed by atoms with Crippen LogP contribution in [-0.2, 0) is 22.6 Å². The first kappa shape index (κ1) is 30.5. The van der Waals surface area contributed by atoms with E-state index in [4.69, 9.17) is 11.6 Å². The first-order chi connectivity index (χ1) is 19.3. The minimum atomic E-state index is -0.617. The first-order valence-electron chi connectivity index (χ1n) is 14.9. The van der Waals surface area contributed by atoms with Gasteiger partial charge in [0.05, 0.1) is 0 Å². The Morgan fingerprint density at radius 1 is 1.02 bits per heavy atom. The summed E-state index contributed by atoms with van der Waals surface area (Å²) < 4.78 is 0. The fourth-order valence-corrected chi connectivity index (χ4v) is 6.17. The number of fused-ring (bicyclic) bond motifs is 1. The number of likely N-dealkylation sites (N-methyl/N-ethyl adjacent to an activating group) is 1. The zero-order chi connectivity index (χ0) is 28.6. The second-order valence-corrected chi connectivity index (χ2v) is 11.9. The summed E-state index contributed by atoms with van der Waals surface area (Å²) in [5.41, 5.74) is 3.37. The third-order valence-electron chi connectivity index (χ3n) is 8.55. The highest BCUT2D eigenvalue weighted by atomic mass is 35.5. The van der Waals surface area contributed by atoms with Gasteiger partial charge in [0.1, 0.15) is 6.04 Å². The summed E-state index contributed by atoms with van der Waals surface area (Å²) in [6, 6.07) is 15.5. The molecule has 2 aliphatic rings. The van der Waals surface area contributed by atoms with Crippen LogP contribution >= 0.6 is 11.6 Å². The number of nitrogens with zero attached hydrogens (tertiary/aromatic N) is 3. The first-order valence-corrected chi connectivity index (χ1v) is 15.3. The highest BCUT2D eigenvalue weighted by Crippen LogP contribution is 2.27. The molecule has 2 N–H and O–H groups in total. The summed E-state index contributed by atoms with van der Waals surface area (Å²) in [4.78, 5) is 34.1. The fraction of sp³-hybridized carbons (Fsp3) is 0.562. The molecule has 2 amide bonds. The smallest absolute Gasteiger partial charge is 0.245 e. The number of rotatable bonds is 12. The number of carbonyl (C=O) groups is 2. The lowest BCUT2D eigenvalue weighted by atomic mass is 10.00. The molecular formula is C32H46ClN5O2. The van der Waals surface area contributed by atoms with Crippen molar-refractivity contribution in [2.45, 2.75) is 65.2 Å². The molecule has 1 fully saturated rings. The van der Waals surface area contributed by atoms with Crippen molar-refractivity contribution in [1.82, 2.24) is 25.3 Å². The average Bonchev–Trinajstić information content (AvgIpc) is 3.36. The molecule has 0 bridgehead atoms. The van der Waals surface area contributed by atoms with Crippen molar-refractivity contribution in [2.75, 3.05) is 45.8 Å². The van der Waals surface area contributed by atoms with Gasteiger partial charge in [-0.25, -0.2) is 0 Å². The molecule has 0 radical (unpaired) electrons. The molecule has 0 spiro atoms. The number of halogens is 1. The number of hydrogen-bond donors (Lipinski definition) is 2. The summed E-state index contributed by atoms with van der Waals surface area (Å²) in [7, 11) is 0. The Balaban J connectivity index is 1.41. The maximum atomic E-state index is 13.9. The Morgan fingerprint density at radius 2 is 1.70 bits per heavy atom. The van der Waals surface area contributed by atoms with E-state index in [1.54, 1.807) is 0 Å². The van der Waals surface area contributed by atoms with Gasteiger partial charge < -0.3 is 20.4 Å². The lowest BCUT2D eigenvalue weighted by Gasteiger charge is -2.43. The molecule has 2 aromatic rings. The quantitative estimate of drug-likeness (QED) is 0.404. The Hall–Kier alpha value is -2.45. The minimum absolute atomic E-state index is 0.00688. The monoisotopic (exact) mass is 567 g/mol. The number of benzene rings is 2. The summed E-state index contributed by atoms with van der Waals surface area (Å²) in [5.74, 6) is 0.418. The van der Waals surface area contributed by atoms with Gasteiger partial charge >= 0.3 is 0 Å². The van der Waals surface area contributed by atoms with Crippen LogP contribution in [0, 0.1) is 5.92 Å². The van der Waals surface area contributed by atoms with Crippen molar-refractivity contribution >= 4 is 23.4 Å². The number of piperazine rings is 1. The molecule has 2 heterocycles. The van der Waals surface area contributed by atoms with Crippen LogP contribution in [0.1, 0.15) is 56.8 Å². The van der Waals surface area contributed by atoms with Gasteiger partial charge in [0.15, 0.2) is 0 Å². The molecule has 8 heteroatoms. The van der Waals surface area contributed by atoms with Crippen molar-refractivity contribution in [2.24, 2.45) is 5.92 Å². The van der Waals surface area contributed by atoms with Gasteiger partial charge in [-0.3, -0.25) is 14.5 Å². The van der Waals surface area contributed by atoms with Gasteiger partial charge in [-0.05, 0) is 47.8 Å². The van der Waals surface area contributed by atoms with E-state index in [1.807, 2.05) is 41.3 Å². The Bertz CT molecular complexity index is 1110. The number of nitrogens with one attached hydrogen (secondary N) is 2. The fourth-order valence-electron chi connectivity index (χ4n) is 6.04. The summed E-state index contributed by atoms with van der Waals surface area (Å²) in [5, 5.41) is 7.20. The highest BCUT2D eigenvalue weighted by Gasteiger charge is 2.33. The van der Waals surface area contributed by atoms with Crippen LogP contribution in [0.5, 0.6) is 0 Å². The molecule has 0 aromatic heterocycles. The van der Waals surface area contributed by atoms with Crippen molar-refractivity contribution in [1.29, 1.82) is 0 Å². The van der Waals surface area contributed by atoms with E-state index in [0.29, 0.717) is 42.9 Å². The van der Waals surface area contributed by atoms with Crippen LogP contribution in [0.4, 0.5) is 0 Å². The lowest BCUT2D eigenvalue weighted by molar-refractivity contribution is -0.138. The van der Waals surface area contributed by atoms with Crippen LogP contribution in [0.2, 0.25) is 5.02 Å². The number of amides is 2. The van der Waals surface area contributed by atoms with E-state index in [0.717, 1.165) is 44.8 Å². The summed E-state index contributed by atoms with van der Waals surface area (Å²) in [6.45, 7) is 16.0. The molecule has 2 unspecified atom stereocenters. The molecule has 4 rings (SSSR count). The Labute approximate surface area is 245 Å². The van der Waals surface area contributed by atoms with Crippen LogP contribution in [0.3, 0.4) is 0 Å². The second kappa shape index (κ2) is 14.4. The van der Waals surface area contributed by atoms with Gasteiger partial charge in [-0.2, -0.15) is 0 Å². The molecule has 218 valence electrons. The van der Waals surface area contributed by atoms with Gasteiger partial charge in [-0.1, -0.05) is 75.7 Å². The summed E-state index contributed by atoms with van der Waals surface area (Å²) in [6.07, 6.45) is 0.740. The number of carbonyl (C=O) groups excluding carboxylic acids is 2. The van der Waals surface area contributed by atoms with Gasteiger partial charge in [0.25, 0.3) is 0 Å². The summed E-state index contributed by atoms with van der Waals surface area (Å²) >= 11 is 6.10. The van der Waals surface area contributed by atoms with Crippen molar-refractivity contribution < 1.29 is 9.59 Å². The van der Waals surface area contributed by atoms with Crippen LogP contribution in [0.25, 0.3) is 0 Å². The second-order valence-electron chi connectivity index (χ2n) is 11.4. The molecule has 0 aliphatic carbocycles. The topological polar surface area (TPSA) is 67.9 Å². The average molecular weight is 568 g/mol. The molecule has 1 saturated heterocycles. The standard InChI is InChI=1S/C32H46ClN5O2/c1-5-36(6-2)22-30(23(3)4)37-15-17-38(18-16-37)32(40)29(19-24-11-13-26(33)14-12-24)35-31(39)20-28-27-10-8-7-9-25(27)21-34-28/h7-14,23,28-30,34H,5-6,15-22H2,1-4H3,(H,35,39)/t28?,29-,30?/m1/s1. The molecule has 0 saturated carbocycles. The van der Waals surface area contributed by atoms with E-state index < -0.39 is 6.04 Å². The van der Waals surface area contributed by atoms with Crippen molar-refractivity contribution in [3.05, 3.63) is 70.2 Å². The predicted octanol–water partition coefficient (Wildman–Crippen LogP) is 4.11. The zero-order valence-electron chi connectivity index (χ0n) is 24.5. The maximum absolute atomic E-state index is 13.9. The van der Waals surface area contributed by atoms with Gasteiger partial charge in [0, 0.05) is 69.2 Å². The van der Waals surface area contributed by atoms with E-state index in [9.17, 15) is 9.59 Å². The third-order valence-corrected chi connectivity index (χ3v) is 8.80. The predicted molar refractivity (Wildman–Crippen MR) is 162 cm³/mol. The van der Waals surface area contributed by atoms with E-state index >= 15 is 0 Å². The molecule has 2 aromatic carbocycles. The lowest BCUT2D eigenvalue weighted by Crippen LogP contribution is -2.59. The highest BCUT2D eigenvalue weighted by molar-refractivity contribution is 6.30. The van der Waals surface area contributed by atoms with Crippen LogP contribution < -0.4 is 10.6 Å². The Kier molecular flexibility index (Phi) is 11.0. The van der Waals surface area contributed by atoms with Crippen LogP contribution in [-0.4, -0.2) is 84.4 Å². The van der Waals surface area contributed by atoms with Crippen LogP contribution in [0.15, 0.2) is 48.5 Å². The maximum Gasteiger partial charge on any atom is 0.245 e. The normalized spacial score (nSPS) is 19.1. The largest absolute Gasteiger partial charge is 0.344 e. The van der Waals surface area contributed by atoms with Gasteiger partial charge in [0.2, 0.25) is 11.8 Å². The molecule has 7 nitrogen and oxygen atoms in total. The zero-order valence-corrected chi connectivity index (χ0v) is 25.3. The van der Waals surface area contributed by atoms with Crippen molar-refractivity contribution in [3.63, 3.8) is 0 Å². The molecular weight excluding hydrogens is 522 g/mol. The molecule has 2 aliphatic heterocycles. The van der Waals surface area contributed by atoms with E-state index in [2.05, 4.69) is 60.3 Å². The Morgan fingerprint density at radius 3 is 2.35 bits per heavy atom. The van der Waals surface area contributed by atoms with Crippen molar-refractivity contribution in [3.8, 4) is 0 Å². The number of hydrogen-bond acceptors (Lipinski definition) is 5. The van der Waals surface area contributed by atoms with E-state index in [1.165, 1.54) is 11.1 Å². The van der Waals surface area contributed by atoms with Gasteiger partial charge in [-0.15, -0.1) is 0 Å².